The second-order valence-corrected chi connectivity index (χ2v) is 8.29. The number of nitrogens with zero attached hydrogens (tertiary/aromatic N) is 3. The Morgan fingerprint density at radius 1 is 1.08 bits per heavy atom. The number of rotatable bonds is 5. The largest absolute Gasteiger partial charge is 0.490 e. The number of hydrogen-bond donors (Lipinski definition) is 3. The fourth-order valence-electron chi connectivity index (χ4n) is 3.09. The molecule has 38 heavy (non-hydrogen) atoms. The van der Waals surface area contributed by atoms with Gasteiger partial charge in [-0.1, -0.05) is 6.07 Å². The molecule has 1 amide bonds. The maximum absolute atomic E-state index is 12.3. The summed E-state index contributed by atoms with van der Waals surface area (Å²) in [5.74, 6) is -4.90. The summed E-state index contributed by atoms with van der Waals surface area (Å²) < 4.78 is 71.4. The molecule has 2 aromatic rings. The van der Waals surface area contributed by atoms with E-state index in [9.17, 15) is 31.1 Å². The van der Waals surface area contributed by atoms with Gasteiger partial charge in [-0.25, -0.2) is 14.6 Å². The Labute approximate surface area is 211 Å². The zero-order valence-corrected chi connectivity index (χ0v) is 19.8. The summed E-state index contributed by atoms with van der Waals surface area (Å²) in [6.45, 7) is 3.96. The number of ether oxygens (including phenoxy) is 1. The number of carboxylic acid groups (broad SMARTS) is 2. The summed E-state index contributed by atoms with van der Waals surface area (Å²) in [4.78, 5) is 34.3. The number of carbonyl (C=O) groups is 3. The first kappa shape index (κ1) is 30.5. The van der Waals surface area contributed by atoms with Gasteiger partial charge in [0.05, 0.1) is 12.3 Å². The molecule has 2 aliphatic rings. The van der Waals surface area contributed by atoms with Crippen LogP contribution in [0, 0.1) is 12.8 Å². The average molecular weight is 554 g/mol. The van der Waals surface area contributed by atoms with E-state index in [-0.39, 0.29) is 12.0 Å². The van der Waals surface area contributed by atoms with Gasteiger partial charge in [0, 0.05) is 25.0 Å². The van der Waals surface area contributed by atoms with Crippen LogP contribution >= 0.6 is 0 Å². The van der Waals surface area contributed by atoms with Gasteiger partial charge in [-0.05, 0) is 49.8 Å². The quantitative estimate of drug-likeness (QED) is 0.478. The summed E-state index contributed by atoms with van der Waals surface area (Å²) in [5.41, 5.74) is 3.48. The van der Waals surface area contributed by atoms with Crippen LogP contribution in [-0.4, -0.2) is 68.3 Å². The van der Waals surface area contributed by atoms with Crippen LogP contribution in [0.15, 0.2) is 24.4 Å². The summed E-state index contributed by atoms with van der Waals surface area (Å²) >= 11 is 0. The van der Waals surface area contributed by atoms with Crippen molar-refractivity contribution in [2.45, 2.75) is 51.2 Å². The number of carbonyl (C=O) groups excluding carboxylic acids is 1. The van der Waals surface area contributed by atoms with E-state index in [4.69, 9.17) is 29.6 Å². The highest BCUT2D eigenvalue weighted by Gasteiger charge is 2.39. The Kier molecular flexibility index (Phi) is 10.2. The van der Waals surface area contributed by atoms with Gasteiger partial charge < -0.3 is 20.3 Å². The van der Waals surface area contributed by atoms with Crippen LogP contribution in [0.4, 0.5) is 26.3 Å². The number of alkyl halides is 6. The monoisotopic (exact) mass is 554 g/mol. The van der Waals surface area contributed by atoms with Crippen LogP contribution in [0.25, 0.3) is 0 Å². The van der Waals surface area contributed by atoms with Gasteiger partial charge in [-0.2, -0.15) is 31.4 Å². The maximum atomic E-state index is 12.3. The number of carboxylic acids is 2. The molecule has 4 rings (SSSR count). The normalized spacial score (nSPS) is 16.7. The molecule has 1 unspecified atom stereocenters. The van der Waals surface area contributed by atoms with Crippen LogP contribution in [0.2, 0.25) is 0 Å². The number of hydrogen-bond acceptors (Lipinski definition) is 6. The van der Waals surface area contributed by atoms with Gasteiger partial charge in [0.15, 0.2) is 0 Å². The van der Waals surface area contributed by atoms with Gasteiger partial charge in [-0.15, -0.1) is 0 Å². The van der Waals surface area contributed by atoms with Crippen molar-refractivity contribution >= 4 is 17.8 Å². The predicted octanol–water partition coefficient (Wildman–Crippen LogP) is 3.31. The molecule has 210 valence electrons. The van der Waals surface area contributed by atoms with Crippen molar-refractivity contribution in [2.75, 3.05) is 13.2 Å². The van der Waals surface area contributed by atoms with Crippen molar-refractivity contribution in [3.8, 4) is 0 Å². The fraction of sp³-hybridized carbons (Fsp3) is 0.500. The van der Waals surface area contributed by atoms with E-state index in [0.29, 0.717) is 18.8 Å². The molecule has 0 bridgehead atoms. The van der Waals surface area contributed by atoms with Crippen molar-refractivity contribution in [1.82, 2.24) is 20.1 Å². The Hall–Kier alpha value is -3.69. The molecule has 0 aromatic carbocycles. The third kappa shape index (κ3) is 9.99. The Balaban J connectivity index is 0.000000301. The minimum Gasteiger partial charge on any atom is -0.475 e. The van der Waals surface area contributed by atoms with Gasteiger partial charge in [0.1, 0.15) is 11.8 Å². The lowest BCUT2D eigenvalue weighted by Gasteiger charge is -2.22. The first-order valence-corrected chi connectivity index (χ1v) is 11.1. The van der Waals surface area contributed by atoms with Crippen LogP contribution in [0.1, 0.15) is 46.4 Å². The van der Waals surface area contributed by atoms with Crippen LogP contribution < -0.4 is 5.32 Å². The number of aryl methyl sites for hydroxylation is 1. The summed E-state index contributed by atoms with van der Waals surface area (Å²) in [6.07, 6.45) is -4.69. The molecule has 1 aliphatic heterocycles. The molecule has 3 N–H and O–H groups in total. The molecule has 0 radical (unpaired) electrons. The molecule has 1 atom stereocenters. The van der Waals surface area contributed by atoms with E-state index >= 15 is 0 Å². The van der Waals surface area contributed by atoms with E-state index in [1.807, 2.05) is 23.7 Å². The van der Waals surface area contributed by atoms with Crippen LogP contribution in [-0.2, 0) is 27.3 Å². The zero-order chi connectivity index (χ0) is 28.7. The van der Waals surface area contributed by atoms with Gasteiger partial charge in [-0.3, -0.25) is 9.48 Å². The minimum atomic E-state index is -5.08. The molecule has 1 saturated carbocycles. The standard InChI is InChI=1S/C18H22N4O2.2C2HF3O2/c1-12-3-2-4-15(20-12)18(23)19-9-16-17-14(7-8-24-16)11-22(21-17)10-13-5-6-13;2*3-2(4,5)1(6)7/h2-4,11,13,16H,5-10H2,1H3,(H,19,23);2*(H,6,7). The minimum absolute atomic E-state index is 0.174. The molecule has 2 aromatic heterocycles. The summed E-state index contributed by atoms with van der Waals surface area (Å²) in [5, 5.41) is 21.9. The SMILES string of the molecule is Cc1cccc(C(=O)NCC2OCCc3cn(CC4CC4)nc32)n1.O=C(O)C(F)(F)F.O=C(O)C(F)(F)F. The number of fused-ring (bicyclic) bond motifs is 1. The molecule has 1 aliphatic carbocycles. The molecular weight excluding hydrogens is 530 g/mol. The fourth-order valence-corrected chi connectivity index (χ4v) is 3.09. The van der Waals surface area contributed by atoms with E-state index in [2.05, 4.69) is 16.5 Å². The molecule has 0 spiro atoms. The lowest BCUT2D eigenvalue weighted by molar-refractivity contribution is -0.193. The number of nitrogens with one attached hydrogen (secondary N) is 1. The van der Waals surface area contributed by atoms with Gasteiger partial charge in [0.2, 0.25) is 0 Å². The first-order chi connectivity index (χ1) is 17.6. The molecule has 3 heterocycles. The predicted molar refractivity (Wildman–Crippen MR) is 116 cm³/mol. The summed E-state index contributed by atoms with van der Waals surface area (Å²) in [6, 6.07) is 5.44. The van der Waals surface area contributed by atoms with Crippen molar-refractivity contribution in [1.29, 1.82) is 0 Å². The third-order valence-electron chi connectivity index (χ3n) is 5.06. The van der Waals surface area contributed by atoms with Crippen LogP contribution in [0.5, 0.6) is 0 Å². The molecular formula is C22H24F6N4O6. The van der Waals surface area contributed by atoms with Crippen molar-refractivity contribution in [3.05, 3.63) is 47.0 Å². The second-order valence-electron chi connectivity index (χ2n) is 8.29. The Bertz CT molecular complexity index is 1110. The lowest BCUT2D eigenvalue weighted by atomic mass is 10.1. The van der Waals surface area contributed by atoms with Crippen LogP contribution in [0.3, 0.4) is 0 Å². The highest BCUT2D eigenvalue weighted by atomic mass is 19.4. The Morgan fingerprint density at radius 2 is 1.66 bits per heavy atom. The molecule has 16 heteroatoms. The number of pyridine rings is 1. The zero-order valence-electron chi connectivity index (χ0n) is 19.8. The maximum Gasteiger partial charge on any atom is 0.490 e. The lowest BCUT2D eigenvalue weighted by Crippen LogP contribution is -2.32. The van der Waals surface area contributed by atoms with E-state index in [1.54, 1.807) is 6.07 Å². The van der Waals surface area contributed by atoms with E-state index in [1.165, 1.54) is 18.4 Å². The number of amides is 1. The van der Waals surface area contributed by atoms with E-state index < -0.39 is 24.3 Å². The third-order valence-corrected chi connectivity index (χ3v) is 5.06. The first-order valence-electron chi connectivity index (χ1n) is 11.1. The van der Waals surface area contributed by atoms with Crippen molar-refractivity contribution in [3.63, 3.8) is 0 Å². The number of aromatic nitrogens is 3. The number of halogens is 6. The van der Waals surface area contributed by atoms with Crippen molar-refractivity contribution < 1.29 is 55.7 Å². The van der Waals surface area contributed by atoms with Gasteiger partial charge in [0.25, 0.3) is 5.91 Å². The highest BCUT2D eigenvalue weighted by Crippen LogP contribution is 2.32. The smallest absolute Gasteiger partial charge is 0.475 e. The highest BCUT2D eigenvalue weighted by molar-refractivity contribution is 5.92. The average Bonchev–Trinajstić information content (AvgIpc) is 3.52. The Morgan fingerprint density at radius 3 is 2.16 bits per heavy atom. The second kappa shape index (κ2) is 12.7. The molecule has 10 nitrogen and oxygen atoms in total. The van der Waals surface area contributed by atoms with Crippen molar-refractivity contribution in [2.24, 2.45) is 5.92 Å². The molecule has 1 fully saturated rings. The van der Waals surface area contributed by atoms with Gasteiger partial charge >= 0.3 is 24.3 Å². The van der Waals surface area contributed by atoms with E-state index in [0.717, 1.165) is 30.3 Å². The molecule has 0 saturated heterocycles. The number of aliphatic carboxylic acids is 2. The summed E-state index contributed by atoms with van der Waals surface area (Å²) in [7, 11) is 0. The topological polar surface area (TPSA) is 144 Å².